The molecule has 1 fully saturated rings. The van der Waals surface area contributed by atoms with E-state index in [2.05, 4.69) is 5.32 Å². The van der Waals surface area contributed by atoms with Crippen LogP contribution < -0.4 is 5.32 Å². The second-order valence-corrected chi connectivity index (χ2v) is 7.02. The lowest BCUT2D eigenvalue weighted by atomic mass is 9.86. The molecule has 1 aliphatic rings. The molecule has 5 heteroatoms. The maximum Gasteiger partial charge on any atom is 0.129 e. The molecule has 26 heavy (non-hydrogen) atoms. The molecule has 1 saturated heterocycles. The number of rotatable bonds is 4. The monoisotopic (exact) mass is 363 g/mol. The Morgan fingerprint density at radius 3 is 2.58 bits per heavy atom. The molecule has 140 valence electrons. The summed E-state index contributed by atoms with van der Waals surface area (Å²) in [5.74, 6) is -1.36. The maximum absolute atomic E-state index is 13.9. The van der Waals surface area contributed by atoms with Crippen LogP contribution in [0.3, 0.4) is 0 Å². The SMILES string of the molecule is Cc1cc(F)ccc1C1CNCCC1OC(C)c1cc(F)cc(F)c1C. The highest BCUT2D eigenvalue weighted by Gasteiger charge is 2.30. The van der Waals surface area contributed by atoms with Gasteiger partial charge in [0.2, 0.25) is 0 Å². The van der Waals surface area contributed by atoms with Crippen LogP contribution in [0.15, 0.2) is 30.3 Å². The molecule has 1 N–H and O–H groups in total. The molecule has 0 bridgehead atoms. The van der Waals surface area contributed by atoms with Crippen LogP contribution in [0.25, 0.3) is 0 Å². The Bertz CT molecular complexity index is 793. The van der Waals surface area contributed by atoms with Crippen LogP contribution in [0, 0.1) is 31.3 Å². The predicted molar refractivity (Wildman–Crippen MR) is 95.7 cm³/mol. The standard InChI is InChI=1S/C21H24F3NO/c1-12-8-15(22)4-5-17(12)19-11-25-7-6-21(19)26-14(3)18-9-16(23)10-20(24)13(18)2/h4-5,8-10,14,19,21,25H,6-7,11H2,1-3H3. The summed E-state index contributed by atoms with van der Waals surface area (Å²) in [6.07, 6.45) is 0.232. The van der Waals surface area contributed by atoms with Crippen LogP contribution in [0.4, 0.5) is 13.2 Å². The van der Waals surface area contributed by atoms with Gasteiger partial charge < -0.3 is 10.1 Å². The van der Waals surface area contributed by atoms with Crippen molar-refractivity contribution in [3.05, 3.63) is 70.0 Å². The predicted octanol–water partition coefficient (Wildman–Crippen LogP) is 4.94. The lowest BCUT2D eigenvalue weighted by Gasteiger charge is -2.35. The van der Waals surface area contributed by atoms with Crippen molar-refractivity contribution in [2.75, 3.05) is 13.1 Å². The summed E-state index contributed by atoms with van der Waals surface area (Å²) in [6, 6.07) is 7.01. The molecule has 0 aliphatic carbocycles. The average Bonchev–Trinajstić information content (AvgIpc) is 2.59. The normalized spacial score (nSPS) is 21.6. The Morgan fingerprint density at radius 1 is 1.08 bits per heavy atom. The van der Waals surface area contributed by atoms with E-state index in [9.17, 15) is 13.2 Å². The zero-order valence-corrected chi connectivity index (χ0v) is 15.3. The Labute approximate surface area is 152 Å². The average molecular weight is 363 g/mol. The number of ether oxygens (including phenoxy) is 1. The van der Waals surface area contributed by atoms with E-state index in [1.54, 1.807) is 13.0 Å². The highest BCUT2D eigenvalue weighted by atomic mass is 19.1. The Kier molecular flexibility index (Phi) is 5.68. The first-order valence-corrected chi connectivity index (χ1v) is 8.94. The molecule has 2 aromatic carbocycles. The minimum absolute atomic E-state index is 0.0607. The van der Waals surface area contributed by atoms with Gasteiger partial charge in [-0.25, -0.2) is 13.2 Å². The first kappa shape index (κ1) is 18.9. The third-order valence-electron chi connectivity index (χ3n) is 5.22. The molecule has 3 atom stereocenters. The molecule has 0 saturated carbocycles. The van der Waals surface area contributed by atoms with Gasteiger partial charge in [-0.15, -0.1) is 0 Å². The first-order valence-electron chi connectivity index (χ1n) is 8.94. The van der Waals surface area contributed by atoms with E-state index < -0.39 is 17.7 Å². The number of nitrogens with one attached hydrogen (secondary N) is 1. The quantitative estimate of drug-likeness (QED) is 0.830. The van der Waals surface area contributed by atoms with Gasteiger partial charge in [-0.3, -0.25) is 0 Å². The third kappa shape index (κ3) is 3.94. The van der Waals surface area contributed by atoms with E-state index in [0.717, 1.165) is 36.7 Å². The molecular weight excluding hydrogens is 339 g/mol. The topological polar surface area (TPSA) is 21.3 Å². The number of hydrogen-bond donors (Lipinski definition) is 1. The summed E-state index contributed by atoms with van der Waals surface area (Å²) >= 11 is 0. The molecule has 1 aliphatic heterocycles. The number of hydrogen-bond acceptors (Lipinski definition) is 2. The summed E-state index contributed by atoms with van der Waals surface area (Å²) in [6.45, 7) is 6.87. The van der Waals surface area contributed by atoms with Crippen LogP contribution >= 0.6 is 0 Å². The second kappa shape index (κ2) is 7.80. The van der Waals surface area contributed by atoms with Crippen molar-refractivity contribution in [3.8, 4) is 0 Å². The summed E-state index contributed by atoms with van der Waals surface area (Å²) in [4.78, 5) is 0. The molecule has 1 heterocycles. The number of aryl methyl sites for hydroxylation is 1. The molecule has 0 radical (unpaired) electrons. The summed E-state index contributed by atoms with van der Waals surface area (Å²) in [5, 5.41) is 3.35. The van der Waals surface area contributed by atoms with Gasteiger partial charge in [0.05, 0.1) is 12.2 Å². The molecule has 0 spiro atoms. The van der Waals surface area contributed by atoms with Crippen LogP contribution in [0.5, 0.6) is 0 Å². The van der Waals surface area contributed by atoms with Crippen molar-refractivity contribution in [3.63, 3.8) is 0 Å². The van der Waals surface area contributed by atoms with Gasteiger partial charge in [0.1, 0.15) is 17.5 Å². The van der Waals surface area contributed by atoms with E-state index in [1.165, 1.54) is 18.2 Å². The number of benzene rings is 2. The van der Waals surface area contributed by atoms with Crippen LogP contribution in [0.2, 0.25) is 0 Å². The minimum Gasteiger partial charge on any atom is -0.370 e. The van der Waals surface area contributed by atoms with E-state index >= 15 is 0 Å². The van der Waals surface area contributed by atoms with Crippen molar-refractivity contribution in [2.24, 2.45) is 0 Å². The lowest BCUT2D eigenvalue weighted by Crippen LogP contribution is -2.40. The maximum atomic E-state index is 13.9. The summed E-state index contributed by atoms with van der Waals surface area (Å²) in [7, 11) is 0. The Hall–Kier alpha value is -1.85. The van der Waals surface area contributed by atoms with E-state index in [-0.39, 0.29) is 17.8 Å². The van der Waals surface area contributed by atoms with Crippen LogP contribution in [-0.2, 0) is 4.74 Å². The molecule has 3 rings (SSSR count). The Balaban J connectivity index is 1.85. The third-order valence-corrected chi connectivity index (χ3v) is 5.22. The van der Waals surface area contributed by atoms with Gasteiger partial charge in [-0.2, -0.15) is 0 Å². The molecular formula is C21H24F3NO. The van der Waals surface area contributed by atoms with Crippen LogP contribution in [0.1, 0.15) is 47.6 Å². The van der Waals surface area contributed by atoms with Gasteiger partial charge >= 0.3 is 0 Å². The van der Waals surface area contributed by atoms with Gasteiger partial charge in [0, 0.05) is 18.5 Å². The van der Waals surface area contributed by atoms with Crippen molar-refractivity contribution in [2.45, 2.75) is 45.3 Å². The lowest BCUT2D eigenvalue weighted by molar-refractivity contribution is -0.0311. The largest absolute Gasteiger partial charge is 0.370 e. The molecule has 2 aromatic rings. The van der Waals surface area contributed by atoms with Gasteiger partial charge in [0.25, 0.3) is 0 Å². The zero-order valence-electron chi connectivity index (χ0n) is 15.3. The van der Waals surface area contributed by atoms with Gasteiger partial charge in [-0.05, 0) is 74.2 Å². The molecule has 0 aromatic heterocycles. The van der Waals surface area contributed by atoms with Crippen molar-refractivity contribution in [1.29, 1.82) is 0 Å². The highest BCUT2D eigenvalue weighted by Crippen LogP contribution is 2.33. The van der Waals surface area contributed by atoms with E-state index in [1.807, 2.05) is 13.8 Å². The molecule has 0 amide bonds. The van der Waals surface area contributed by atoms with Crippen LogP contribution in [-0.4, -0.2) is 19.2 Å². The van der Waals surface area contributed by atoms with E-state index in [4.69, 9.17) is 4.74 Å². The fraction of sp³-hybridized carbons (Fsp3) is 0.429. The summed E-state index contributed by atoms with van der Waals surface area (Å²) < 4.78 is 47.2. The molecule has 3 unspecified atom stereocenters. The van der Waals surface area contributed by atoms with Gasteiger partial charge in [-0.1, -0.05) is 6.07 Å². The second-order valence-electron chi connectivity index (χ2n) is 7.02. The fourth-order valence-electron chi connectivity index (χ4n) is 3.79. The fourth-order valence-corrected chi connectivity index (χ4v) is 3.79. The zero-order chi connectivity index (χ0) is 18.8. The van der Waals surface area contributed by atoms with Crippen molar-refractivity contribution in [1.82, 2.24) is 5.32 Å². The van der Waals surface area contributed by atoms with E-state index in [0.29, 0.717) is 11.1 Å². The first-order chi connectivity index (χ1) is 12.4. The number of piperidine rings is 1. The van der Waals surface area contributed by atoms with Crippen molar-refractivity contribution >= 4 is 0 Å². The van der Waals surface area contributed by atoms with Gasteiger partial charge in [0.15, 0.2) is 0 Å². The smallest absolute Gasteiger partial charge is 0.129 e. The van der Waals surface area contributed by atoms with Crippen molar-refractivity contribution < 1.29 is 17.9 Å². The minimum atomic E-state index is -0.602. The summed E-state index contributed by atoms with van der Waals surface area (Å²) in [5.41, 5.74) is 2.85. The number of halogens is 3. The molecule has 2 nitrogen and oxygen atoms in total. The highest BCUT2D eigenvalue weighted by molar-refractivity contribution is 5.32. The Morgan fingerprint density at radius 2 is 1.85 bits per heavy atom.